The molecule has 17 heavy (non-hydrogen) atoms. The summed E-state index contributed by atoms with van der Waals surface area (Å²) < 4.78 is 5.30. The number of hydrogen-bond acceptors (Lipinski definition) is 3. The number of nitrogens with zero attached hydrogens (tertiary/aromatic N) is 1. The number of hydrogen-bond donors (Lipinski definition) is 0. The van der Waals surface area contributed by atoms with Gasteiger partial charge in [0.1, 0.15) is 5.75 Å². The number of anilines is 1. The van der Waals surface area contributed by atoms with E-state index >= 15 is 0 Å². The van der Waals surface area contributed by atoms with Crippen molar-refractivity contribution in [2.24, 2.45) is 0 Å². The van der Waals surface area contributed by atoms with Gasteiger partial charge in [-0.3, -0.25) is 9.59 Å². The number of carbonyl (C=O) groups excluding carboxylic acids is 2. The molecule has 0 saturated carbocycles. The Hall–Kier alpha value is -2.10. The molecular formula is C13H13NO3. The first-order valence-corrected chi connectivity index (χ1v) is 5.43. The molecule has 0 fully saturated rings. The predicted octanol–water partition coefficient (Wildman–Crippen LogP) is 1.90. The van der Waals surface area contributed by atoms with Crippen LogP contribution in [0.25, 0.3) is 0 Å². The minimum atomic E-state index is -0.295. The van der Waals surface area contributed by atoms with Gasteiger partial charge in [-0.15, -0.1) is 0 Å². The molecule has 0 aliphatic carbocycles. The van der Waals surface area contributed by atoms with Crippen molar-refractivity contribution >= 4 is 17.5 Å². The third-order valence-electron chi connectivity index (χ3n) is 2.51. The van der Waals surface area contributed by atoms with E-state index in [1.165, 1.54) is 6.08 Å². The van der Waals surface area contributed by atoms with Crippen molar-refractivity contribution in [1.29, 1.82) is 0 Å². The van der Waals surface area contributed by atoms with Crippen molar-refractivity contribution < 1.29 is 14.3 Å². The highest BCUT2D eigenvalue weighted by Crippen LogP contribution is 2.24. The van der Waals surface area contributed by atoms with E-state index in [0.717, 1.165) is 10.6 Å². The Morgan fingerprint density at radius 1 is 1.18 bits per heavy atom. The van der Waals surface area contributed by atoms with Crippen LogP contribution in [0.1, 0.15) is 13.8 Å². The molecule has 2 rings (SSSR count). The molecule has 0 unspecified atom stereocenters. The Bertz CT molecular complexity index is 488. The Balaban J connectivity index is 2.24. The van der Waals surface area contributed by atoms with Crippen LogP contribution in [0.15, 0.2) is 35.9 Å². The quantitative estimate of drug-likeness (QED) is 0.746. The van der Waals surface area contributed by atoms with Gasteiger partial charge in [0.25, 0.3) is 11.8 Å². The number of ether oxygens (including phenoxy) is 1. The SMILES string of the molecule is CCOc1ccc(N2C(=O)C=C(C)C2=O)cc1. The fraction of sp³-hybridized carbons (Fsp3) is 0.231. The van der Waals surface area contributed by atoms with E-state index in [0.29, 0.717) is 17.9 Å². The normalized spacial score (nSPS) is 15.2. The van der Waals surface area contributed by atoms with Gasteiger partial charge in [-0.1, -0.05) is 0 Å². The second-order valence-electron chi connectivity index (χ2n) is 3.73. The zero-order chi connectivity index (χ0) is 12.4. The minimum Gasteiger partial charge on any atom is -0.494 e. The molecule has 1 aliphatic heterocycles. The summed E-state index contributed by atoms with van der Waals surface area (Å²) >= 11 is 0. The third-order valence-corrected chi connectivity index (χ3v) is 2.51. The Morgan fingerprint density at radius 2 is 1.82 bits per heavy atom. The summed E-state index contributed by atoms with van der Waals surface area (Å²) in [6, 6.07) is 6.89. The van der Waals surface area contributed by atoms with E-state index in [1.54, 1.807) is 31.2 Å². The Kier molecular flexibility index (Phi) is 2.95. The number of amides is 2. The lowest BCUT2D eigenvalue weighted by atomic mass is 10.2. The molecule has 0 bridgehead atoms. The molecule has 4 nitrogen and oxygen atoms in total. The average Bonchev–Trinajstić information content (AvgIpc) is 2.55. The monoisotopic (exact) mass is 231 g/mol. The molecule has 0 N–H and O–H groups in total. The molecule has 0 aromatic heterocycles. The number of imide groups is 1. The molecule has 0 radical (unpaired) electrons. The van der Waals surface area contributed by atoms with Gasteiger partial charge in [0.05, 0.1) is 12.3 Å². The summed E-state index contributed by atoms with van der Waals surface area (Å²) in [5.41, 5.74) is 1.03. The summed E-state index contributed by atoms with van der Waals surface area (Å²) in [5.74, 6) is 0.163. The number of rotatable bonds is 3. The van der Waals surface area contributed by atoms with Crippen LogP contribution in [0, 0.1) is 0 Å². The lowest BCUT2D eigenvalue weighted by Gasteiger charge is -2.14. The standard InChI is InChI=1S/C13H13NO3/c1-3-17-11-6-4-10(5-7-11)14-12(15)8-9(2)13(14)16/h4-8H,3H2,1-2H3. The highest BCUT2D eigenvalue weighted by molar-refractivity contribution is 6.30. The maximum absolute atomic E-state index is 11.7. The fourth-order valence-corrected chi connectivity index (χ4v) is 1.69. The molecule has 1 heterocycles. The van der Waals surface area contributed by atoms with Crippen molar-refractivity contribution in [3.05, 3.63) is 35.9 Å². The molecule has 0 atom stereocenters. The summed E-state index contributed by atoms with van der Waals surface area (Å²) in [6.45, 7) is 4.12. The zero-order valence-corrected chi connectivity index (χ0v) is 9.77. The first kappa shape index (κ1) is 11.4. The van der Waals surface area contributed by atoms with E-state index in [2.05, 4.69) is 0 Å². The fourth-order valence-electron chi connectivity index (χ4n) is 1.69. The second-order valence-corrected chi connectivity index (χ2v) is 3.73. The van der Waals surface area contributed by atoms with Crippen LogP contribution < -0.4 is 9.64 Å². The summed E-state index contributed by atoms with van der Waals surface area (Å²) in [7, 11) is 0. The van der Waals surface area contributed by atoms with Crippen LogP contribution >= 0.6 is 0 Å². The maximum atomic E-state index is 11.7. The van der Waals surface area contributed by atoms with Gasteiger partial charge in [-0.2, -0.15) is 0 Å². The van der Waals surface area contributed by atoms with Crippen molar-refractivity contribution in [1.82, 2.24) is 0 Å². The number of benzene rings is 1. The lowest BCUT2D eigenvalue weighted by molar-refractivity contribution is -0.120. The first-order chi connectivity index (χ1) is 8.13. The van der Waals surface area contributed by atoms with E-state index in [-0.39, 0.29) is 11.8 Å². The number of carbonyl (C=O) groups is 2. The van der Waals surface area contributed by atoms with Gasteiger partial charge < -0.3 is 4.74 Å². The summed E-state index contributed by atoms with van der Waals surface area (Å²) in [4.78, 5) is 24.5. The van der Waals surface area contributed by atoms with E-state index in [1.807, 2.05) is 6.92 Å². The maximum Gasteiger partial charge on any atom is 0.261 e. The van der Waals surface area contributed by atoms with Crippen molar-refractivity contribution in [2.75, 3.05) is 11.5 Å². The van der Waals surface area contributed by atoms with Crippen molar-refractivity contribution in [3.8, 4) is 5.75 Å². The topological polar surface area (TPSA) is 46.6 Å². The van der Waals surface area contributed by atoms with E-state index in [9.17, 15) is 9.59 Å². The van der Waals surface area contributed by atoms with Crippen LogP contribution in [0.4, 0.5) is 5.69 Å². The Labute approximate surface area is 99.5 Å². The summed E-state index contributed by atoms with van der Waals surface area (Å²) in [5, 5.41) is 0. The second kappa shape index (κ2) is 4.41. The lowest BCUT2D eigenvalue weighted by Crippen LogP contribution is -2.30. The van der Waals surface area contributed by atoms with Crippen LogP contribution in [0.2, 0.25) is 0 Å². The van der Waals surface area contributed by atoms with Gasteiger partial charge in [-0.05, 0) is 38.1 Å². The van der Waals surface area contributed by atoms with Crippen LogP contribution in [-0.4, -0.2) is 18.4 Å². The summed E-state index contributed by atoms with van der Waals surface area (Å²) in [6.07, 6.45) is 1.35. The smallest absolute Gasteiger partial charge is 0.261 e. The van der Waals surface area contributed by atoms with Crippen LogP contribution in [0.3, 0.4) is 0 Å². The molecule has 0 spiro atoms. The first-order valence-electron chi connectivity index (χ1n) is 5.43. The largest absolute Gasteiger partial charge is 0.494 e. The van der Waals surface area contributed by atoms with Crippen LogP contribution in [-0.2, 0) is 9.59 Å². The highest BCUT2D eigenvalue weighted by atomic mass is 16.5. The molecule has 1 aromatic carbocycles. The highest BCUT2D eigenvalue weighted by Gasteiger charge is 2.29. The zero-order valence-electron chi connectivity index (χ0n) is 9.77. The molecule has 1 aliphatic rings. The van der Waals surface area contributed by atoms with Gasteiger partial charge >= 0.3 is 0 Å². The van der Waals surface area contributed by atoms with Gasteiger partial charge in [0.15, 0.2) is 0 Å². The van der Waals surface area contributed by atoms with Crippen molar-refractivity contribution in [3.63, 3.8) is 0 Å². The van der Waals surface area contributed by atoms with Crippen molar-refractivity contribution in [2.45, 2.75) is 13.8 Å². The molecule has 4 heteroatoms. The van der Waals surface area contributed by atoms with E-state index < -0.39 is 0 Å². The van der Waals surface area contributed by atoms with Gasteiger partial charge in [0, 0.05) is 11.6 Å². The predicted molar refractivity (Wildman–Crippen MR) is 63.9 cm³/mol. The third kappa shape index (κ3) is 2.06. The molecular weight excluding hydrogens is 218 g/mol. The average molecular weight is 231 g/mol. The molecule has 2 amide bonds. The van der Waals surface area contributed by atoms with Crippen LogP contribution in [0.5, 0.6) is 5.75 Å². The molecule has 1 aromatic rings. The van der Waals surface area contributed by atoms with Gasteiger partial charge in [0.2, 0.25) is 0 Å². The van der Waals surface area contributed by atoms with E-state index in [4.69, 9.17) is 4.74 Å². The molecule has 0 saturated heterocycles. The Morgan fingerprint density at radius 3 is 2.29 bits per heavy atom. The van der Waals surface area contributed by atoms with Gasteiger partial charge in [-0.25, -0.2) is 4.90 Å². The minimum absolute atomic E-state index is 0.265. The molecule has 88 valence electrons.